The number of rotatable bonds is 4. The van der Waals surface area contributed by atoms with Gasteiger partial charge in [0.05, 0.1) is 6.61 Å². The van der Waals surface area contributed by atoms with E-state index in [1.165, 1.54) is 31.5 Å². The fourth-order valence-electron chi connectivity index (χ4n) is 4.07. The summed E-state index contributed by atoms with van der Waals surface area (Å²) >= 11 is 0. The Balaban J connectivity index is 1.55. The van der Waals surface area contributed by atoms with Crippen molar-refractivity contribution in [3.05, 3.63) is 17.7 Å². The van der Waals surface area contributed by atoms with E-state index in [4.69, 9.17) is 14.2 Å². The van der Waals surface area contributed by atoms with Gasteiger partial charge in [-0.15, -0.1) is 0 Å². The predicted octanol–water partition coefficient (Wildman–Crippen LogP) is 2.48. The van der Waals surface area contributed by atoms with Crippen molar-refractivity contribution in [3.63, 3.8) is 0 Å². The van der Waals surface area contributed by atoms with Crippen LogP contribution < -0.4 is 14.2 Å². The molecule has 3 heterocycles. The van der Waals surface area contributed by atoms with E-state index in [2.05, 4.69) is 22.8 Å². The summed E-state index contributed by atoms with van der Waals surface area (Å²) in [4.78, 5) is 5.25. The lowest BCUT2D eigenvalue weighted by Gasteiger charge is -2.42. The molecule has 0 N–H and O–H groups in total. The molecule has 1 aromatic rings. The van der Waals surface area contributed by atoms with Gasteiger partial charge < -0.3 is 14.2 Å². The number of piperazine rings is 1. The second-order valence-electron chi connectivity index (χ2n) is 6.82. The van der Waals surface area contributed by atoms with Gasteiger partial charge in [-0.3, -0.25) is 9.80 Å². The lowest BCUT2D eigenvalue weighted by Crippen LogP contribution is -2.54. The van der Waals surface area contributed by atoms with Crippen LogP contribution in [0.5, 0.6) is 17.2 Å². The maximum atomic E-state index is 5.85. The van der Waals surface area contributed by atoms with Crippen LogP contribution in [0.15, 0.2) is 12.1 Å². The van der Waals surface area contributed by atoms with Gasteiger partial charge in [-0.05, 0) is 39.3 Å². The highest BCUT2D eigenvalue weighted by molar-refractivity contribution is 5.51. The lowest BCUT2D eigenvalue weighted by atomic mass is 10.1. The van der Waals surface area contributed by atoms with Crippen molar-refractivity contribution >= 4 is 0 Å². The van der Waals surface area contributed by atoms with Gasteiger partial charge in [-0.25, -0.2) is 0 Å². The van der Waals surface area contributed by atoms with Crippen molar-refractivity contribution in [1.29, 1.82) is 0 Å². The third-order valence-electron chi connectivity index (χ3n) is 5.30. The number of nitrogens with zero attached hydrogens (tertiary/aromatic N) is 2. The molecule has 23 heavy (non-hydrogen) atoms. The Morgan fingerprint density at radius 3 is 2.87 bits per heavy atom. The SMILES string of the molecule is CCOc1cc2c(cc1CN1C[C@H]3CCCN3C[C@@H]1C)OCO2. The van der Waals surface area contributed by atoms with E-state index in [0.717, 1.165) is 36.4 Å². The molecule has 0 aromatic heterocycles. The van der Waals surface area contributed by atoms with Crippen LogP contribution in [-0.2, 0) is 6.54 Å². The molecular weight excluding hydrogens is 292 g/mol. The van der Waals surface area contributed by atoms with Gasteiger partial charge in [-0.2, -0.15) is 0 Å². The topological polar surface area (TPSA) is 34.2 Å². The fraction of sp³-hybridized carbons (Fsp3) is 0.667. The highest BCUT2D eigenvalue weighted by Crippen LogP contribution is 2.39. The highest BCUT2D eigenvalue weighted by atomic mass is 16.7. The van der Waals surface area contributed by atoms with Crippen molar-refractivity contribution in [3.8, 4) is 17.2 Å². The van der Waals surface area contributed by atoms with E-state index in [-0.39, 0.29) is 0 Å². The van der Waals surface area contributed by atoms with Crippen LogP contribution in [-0.4, -0.2) is 54.9 Å². The zero-order valence-electron chi connectivity index (χ0n) is 14.1. The monoisotopic (exact) mass is 318 g/mol. The zero-order chi connectivity index (χ0) is 15.8. The first-order valence-electron chi connectivity index (χ1n) is 8.78. The first-order valence-corrected chi connectivity index (χ1v) is 8.78. The standard InChI is InChI=1S/C18H26N2O3/c1-3-21-16-8-18-17(22-12-23-18)7-14(16)10-20-11-15-5-4-6-19(15)9-13(20)2/h7-8,13,15H,3-6,9-12H2,1-2H3/t13-,15+/m0/s1. The Kier molecular flexibility index (Phi) is 4.07. The fourth-order valence-corrected chi connectivity index (χ4v) is 4.07. The van der Waals surface area contributed by atoms with Crippen LogP contribution in [0.1, 0.15) is 32.3 Å². The van der Waals surface area contributed by atoms with Crippen LogP contribution in [0, 0.1) is 0 Å². The van der Waals surface area contributed by atoms with Gasteiger partial charge in [0.15, 0.2) is 11.5 Å². The summed E-state index contributed by atoms with van der Waals surface area (Å²) in [7, 11) is 0. The molecule has 1 aromatic carbocycles. The maximum Gasteiger partial charge on any atom is 0.231 e. The van der Waals surface area contributed by atoms with Crippen LogP contribution in [0.4, 0.5) is 0 Å². The molecule has 3 aliphatic heterocycles. The molecule has 4 rings (SSSR count). The molecule has 2 saturated heterocycles. The summed E-state index contributed by atoms with van der Waals surface area (Å²) in [6.45, 7) is 9.85. The average molecular weight is 318 g/mol. The molecule has 0 saturated carbocycles. The first kappa shape index (κ1) is 15.1. The summed E-state index contributed by atoms with van der Waals surface area (Å²) in [5.74, 6) is 2.57. The Hall–Kier alpha value is -1.46. The summed E-state index contributed by atoms with van der Waals surface area (Å²) in [5.41, 5.74) is 1.20. The number of hydrogen-bond acceptors (Lipinski definition) is 5. The lowest BCUT2D eigenvalue weighted by molar-refractivity contribution is 0.0534. The average Bonchev–Trinajstić information content (AvgIpc) is 3.16. The van der Waals surface area contributed by atoms with Gasteiger partial charge in [0.1, 0.15) is 5.75 Å². The molecule has 3 aliphatic rings. The second-order valence-corrected chi connectivity index (χ2v) is 6.82. The molecule has 0 amide bonds. The minimum absolute atomic E-state index is 0.307. The van der Waals surface area contributed by atoms with E-state index >= 15 is 0 Å². The van der Waals surface area contributed by atoms with Gasteiger partial charge in [0.2, 0.25) is 6.79 Å². The largest absolute Gasteiger partial charge is 0.493 e. The first-order chi connectivity index (χ1) is 11.2. The quantitative estimate of drug-likeness (QED) is 0.852. The van der Waals surface area contributed by atoms with Gasteiger partial charge >= 0.3 is 0 Å². The van der Waals surface area contributed by atoms with Crippen molar-refractivity contribution in [2.75, 3.05) is 33.0 Å². The summed E-state index contributed by atoms with van der Waals surface area (Å²) in [6, 6.07) is 5.39. The van der Waals surface area contributed by atoms with E-state index in [1.54, 1.807) is 0 Å². The van der Waals surface area contributed by atoms with E-state index in [0.29, 0.717) is 19.4 Å². The van der Waals surface area contributed by atoms with Crippen LogP contribution >= 0.6 is 0 Å². The molecule has 2 atom stereocenters. The molecular formula is C18H26N2O3. The Morgan fingerprint density at radius 1 is 1.22 bits per heavy atom. The Labute approximate surface area is 138 Å². The normalized spacial score (nSPS) is 27.2. The van der Waals surface area contributed by atoms with E-state index in [1.807, 2.05) is 13.0 Å². The maximum absolute atomic E-state index is 5.85. The molecule has 0 radical (unpaired) electrons. The summed E-state index contributed by atoms with van der Waals surface area (Å²) in [6.07, 6.45) is 2.68. The molecule has 0 bridgehead atoms. The van der Waals surface area contributed by atoms with E-state index in [9.17, 15) is 0 Å². The van der Waals surface area contributed by atoms with Crippen molar-refractivity contribution in [1.82, 2.24) is 9.80 Å². The zero-order valence-corrected chi connectivity index (χ0v) is 14.1. The van der Waals surface area contributed by atoms with Crippen LogP contribution in [0.3, 0.4) is 0 Å². The van der Waals surface area contributed by atoms with Crippen molar-refractivity contribution in [2.24, 2.45) is 0 Å². The Bertz CT molecular complexity index is 578. The Morgan fingerprint density at radius 2 is 2.04 bits per heavy atom. The van der Waals surface area contributed by atoms with Crippen molar-refractivity contribution in [2.45, 2.75) is 45.3 Å². The third kappa shape index (κ3) is 2.88. The second kappa shape index (κ2) is 6.21. The summed E-state index contributed by atoms with van der Waals surface area (Å²) in [5, 5.41) is 0. The smallest absolute Gasteiger partial charge is 0.231 e. The van der Waals surface area contributed by atoms with Crippen molar-refractivity contribution < 1.29 is 14.2 Å². The molecule has 5 nitrogen and oxygen atoms in total. The molecule has 0 spiro atoms. The summed E-state index contributed by atoms with van der Waals surface area (Å²) < 4.78 is 16.9. The highest BCUT2D eigenvalue weighted by Gasteiger charge is 2.34. The van der Waals surface area contributed by atoms with Gasteiger partial charge in [0.25, 0.3) is 0 Å². The number of benzene rings is 1. The van der Waals surface area contributed by atoms with E-state index < -0.39 is 0 Å². The third-order valence-corrected chi connectivity index (χ3v) is 5.30. The minimum Gasteiger partial charge on any atom is -0.493 e. The van der Waals surface area contributed by atoms with Crippen LogP contribution in [0.2, 0.25) is 0 Å². The predicted molar refractivity (Wildman–Crippen MR) is 88.2 cm³/mol. The molecule has 126 valence electrons. The van der Waals surface area contributed by atoms with Gasteiger partial charge in [-0.1, -0.05) is 0 Å². The number of ether oxygens (including phenoxy) is 3. The number of hydrogen-bond donors (Lipinski definition) is 0. The minimum atomic E-state index is 0.307. The molecule has 0 unspecified atom stereocenters. The van der Waals surface area contributed by atoms with Gasteiger partial charge in [0, 0.05) is 43.3 Å². The number of fused-ring (bicyclic) bond motifs is 2. The molecule has 5 heteroatoms. The molecule has 0 aliphatic carbocycles. The molecule has 2 fully saturated rings. The van der Waals surface area contributed by atoms with Crippen LogP contribution in [0.25, 0.3) is 0 Å².